The molecule has 3 N–H and O–H groups in total. The van der Waals surface area contributed by atoms with Crippen LogP contribution in [0.15, 0.2) is 11.6 Å². The molecule has 0 aliphatic rings. The van der Waals surface area contributed by atoms with Crippen molar-refractivity contribution >= 4 is 33.8 Å². The maximum atomic E-state index is 5.17. The van der Waals surface area contributed by atoms with Gasteiger partial charge in [0.2, 0.25) is 0 Å². The summed E-state index contributed by atoms with van der Waals surface area (Å²) >= 11 is 6.04. The SMILES string of the molecule is NC(=S)Nc1nccs1. The predicted molar refractivity (Wildman–Crippen MR) is 42.5 cm³/mol. The Kier molecular flexibility index (Phi) is 1.96. The molecule has 0 radical (unpaired) electrons. The van der Waals surface area contributed by atoms with Crippen molar-refractivity contribution in [1.82, 2.24) is 4.98 Å². The van der Waals surface area contributed by atoms with E-state index in [9.17, 15) is 0 Å². The van der Waals surface area contributed by atoms with Crippen LogP contribution in [0, 0.1) is 0 Å². The molecule has 3 nitrogen and oxygen atoms in total. The Bertz CT molecular complexity index is 194. The highest BCUT2D eigenvalue weighted by molar-refractivity contribution is 7.80. The lowest BCUT2D eigenvalue weighted by molar-refractivity contribution is 1.41. The summed E-state index contributed by atoms with van der Waals surface area (Å²) < 4.78 is 0. The van der Waals surface area contributed by atoms with E-state index in [2.05, 4.69) is 22.5 Å². The van der Waals surface area contributed by atoms with Gasteiger partial charge in [-0.3, -0.25) is 0 Å². The third kappa shape index (κ3) is 1.95. The summed E-state index contributed by atoms with van der Waals surface area (Å²) in [5, 5.41) is 5.54. The van der Waals surface area contributed by atoms with Gasteiger partial charge in [-0.1, -0.05) is 0 Å². The van der Waals surface area contributed by atoms with Crippen LogP contribution < -0.4 is 11.1 Å². The number of thiocarbonyl (C=S) groups is 1. The summed E-state index contributed by atoms with van der Waals surface area (Å²) in [6.45, 7) is 0. The molecule has 0 aliphatic heterocycles. The molecule has 0 fully saturated rings. The van der Waals surface area contributed by atoms with Crippen LogP contribution in [0.1, 0.15) is 0 Å². The summed E-state index contributed by atoms with van der Waals surface area (Å²) in [5.74, 6) is 0. The van der Waals surface area contributed by atoms with E-state index < -0.39 is 0 Å². The molecule has 1 heterocycles. The molecule has 0 spiro atoms. The van der Waals surface area contributed by atoms with Gasteiger partial charge in [0.15, 0.2) is 10.2 Å². The van der Waals surface area contributed by atoms with Crippen molar-refractivity contribution in [3.8, 4) is 0 Å². The Morgan fingerprint density at radius 1 is 1.89 bits per heavy atom. The second-order valence-corrected chi connectivity index (χ2v) is 2.66. The number of rotatable bonds is 1. The van der Waals surface area contributed by atoms with Gasteiger partial charge in [0.05, 0.1) is 0 Å². The van der Waals surface area contributed by atoms with E-state index in [1.54, 1.807) is 6.20 Å². The Hall–Kier alpha value is -0.680. The molecule has 1 aromatic rings. The molecular weight excluding hydrogens is 154 g/mol. The monoisotopic (exact) mass is 159 g/mol. The van der Waals surface area contributed by atoms with Crippen LogP contribution in [-0.2, 0) is 0 Å². The van der Waals surface area contributed by atoms with Crippen molar-refractivity contribution in [2.24, 2.45) is 5.73 Å². The zero-order valence-corrected chi connectivity index (χ0v) is 6.13. The molecule has 0 unspecified atom stereocenters. The fourth-order valence-electron chi connectivity index (χ4n) is 0.391. The average Bonchev–Trinajstić information content (AvgIpc) is 2.15. The van der Waals surface area contributed by atoms with Crippen LogP contribution in [0.25, 0.3) is 0 Å². The topological polar surface area (TPSA) is 50.9 Å². The lowest BCUT2D eigenvalue weighted by atomic mass is 11.0. The van der Waals surface area contributed by atoms with Crippen molar-refractivity contribution in [2.75, 3.05) is 5.32 Å². The highest BCUT2D eigenvalue weighted by atomic mass is 32.1. The van der Waals surface area contributed by atoms with Crippen LogP contribution in [0.2, 0.25) is 0 Å². The van der Waals surface area contributed by atoms with Gasteiger partial charge in [0, 0.05) is 11.6 Å². The number of nitrogens with one attached hydrogen (secondary N) is 1. The first-order chi connectivity index (χ1) is 4.29. The number of thiazole rings is 1. The fraction of sp³-hybridized carbons (Fsp3) is 0. The van der Waals surface area contributed by atoms with Crippen molar-refractivity contribution in [1.29, 1.82) is 0 Å². The lowest BCUT2D eigenvalue weighted by Crippen LogP contribution is -2.18. The first-order valence-corrected chi connectivity index (χ1v) is 3.54. The third-order valence-electron chi connectivity index (χ3n) is 0.662. The summed E-state index contributed by atoms with van der Waals surface area (Å²) in [6.07, 6.45) is 1.69. The van der Waals surface area contributed by atoms with Gasteiger partial charge in [-0.2, -0.15) is 0 Å². The van der Waals surface area contributed by atoms with Crippen molar-refractivity contribution < 1.29 is 0 Å². The lowest BCUT2D eigenvalue weighted by Gasteiger charge is -1.94. The van der Waals surface area contributed by atoms with Gasteiger partial charge in [-0.25, -0.2) is 4.98 Å². The highest BCUT2D eigenvalue weighted by Crippen LogP contribution is 2.08. The number of hydrogen-bond donors (Lipinski definition) is 2. The maximum Gasteiger partial charge on any atom is 0.188 e. The normalized spacial score (nSPS) is 8.89. The van der Waals surface area contributed by atoms with Crippen LogP contribution in [-0.4, -0.2) is 10.1 Å². The summed E-state index contributed by atoms with van der Waals surface area (Å²) in [5.41, 5.74) is 5.17. The van der Waals surface area contributed by atoms with E-state index in [0.717, 1.165) is 5.13 Å². The number of nitrogens with zero attached hydrogens (tertiary/aromatic N) is 1. The average molecular weight is 159 g/mol. The molecule has 0 atom stereocenters. The predicted octanol–water partition coefficient (Wildman–Crippen LogP) is 0.799. The molecular formula is C4H5N3S2. The molecule has 1 rings (SSSR count). The Labute approximate surface area is 61.9 Å². The van der Waals surface area contributed by atoms with E-state index in [1.165, 1.54) is 11.3 Å². The van der Waals surface area contributed by atoms with Crippen LogP contribution in [0.5, 0.6) is 0 Å². The first kappa shape index (κ1) is 6.44. The smallest absolute Gasteiger partial charge is 0.188 e. The van der Waals surface area contributed by atoms with Gasteiger partial charge in [-0.15, -0.1) is 11.3 Å². The second kappa shape index (κ2) is 2.75. The molecule has 48 valence electrons. The minimum atomic E-state index is 0.255. The first-order valence-electron chi connectivity index (χ1n) is 2.25. The van der Waals surface area contributed by atoms with E-state index in [1.807, 2.05) is 5.38 Å². The van der Waals surface area contributed by atoms with Gasteiger partial charge < -0.3 is 11.1 Å². The van der Waals surface area contributed by atoms with Crippen molar-refractivity contribution in [3.05, 3.63) is 11.6 Å². The molecule has 0 amide bonds. The summed E-state index contributed by atoms with van der Waals surface area (Å²) in [7, 11) is 0. The second-order valence-electron chi connectivity index (χ2n) is 1.33. The van der Waals surface area contributed by atoms with E-state index in [-0.39, 0.29) is 5.11 Å². The van der Waals surface area contributed by atoms with Gasteiger partial charge in [0.25, 0.3) is 0 Å². The highest BCUT2D eigenvalue weighted by Gasteiger charge is 1.91. The number of aromatic nitrogens is 1. The minimum Gasteiger partial charge on any atom is -0.376 e. The number of hydrogen-bond acceptors (Lipinski definition) is 3. The Morgan fingerprint density at radius 3 is 3.11 bits per heavy atom. The number of nitrogens with two attached hydrogens (primary N) is 1. The molecule has 0 aromatic carbocycles. The van der Waals surface area contributed by atoms with Crippen LogP contribution in [0.4, 0.5) is 5.13 Å². The van der Waals surface area contributed by atoms with E-state index in [0.29, 0.717) is 0 Å². The Morgan fingerprint density at radius 2 is 2.67 bits per heavy atom. The summed E-state index contributed by atoms with van der Waals surface area (Å²) in [6, 6.07) is 0. The molecule has 1 aromatic heterocycles. The quantitative estimate of drug-likeness (QED) is 0.595. The molecule has 0 aliphatic carbocycles. The number of anilines is 1. The zero-order chi connectivity index (χ0) is 6.69. The maximum absolute atomic E-state index is 5.17. The van der Waals surface area contributed by atoms with Crippen LogP contribution >= 0.6 is 23.6 Å². The Balaban J connectivity index is 2.58. The van der Waals surface area contributed by atoms with Crippen LogP contribution in [0.3, 0.4) is 0 Å². The summed E-state index contributed by atoms with van der Waals surface area (Å²) in [4.78, 5) is 3.90. The molecule has 0 bridgehead atoms. The standard InChI is InChI=1S/C4H5N3S2/c5-3(8)7-4-6-1-2-9-4/h1-2H,(H3,5,6,7,8). The minimum absolute atomic E-state index is 0.255. The fourth-order valence-corrected chi connectivity index (χ4v) is 1.09. The van der Waals surface area contributed by atoms with Gasteiger partial charge in [-0.05, 0) is 12.2 Å². The molecule has 5 heteroatoms. The van der Waals surface area contributed by atoms with Gasteiger partial charge >= 0.3 is 0 Å². The third-order valence-corrected chi connectivity index (χ3v) is 1.45. The van der Waals surface area contributed by atoms with E-state index in [4.69, 9.17) is 5.73 Å². The zero-order valence-electron chi connectivity index (χ0n) is 4.50. The van der Waals surface area contributed by atoms with E-state index >= 15 is 0 Å². The van der Waals surface area contributed by atoms with Crippen molar-refractivity contribution in [2.45, 2.75) is 0 Å². The molecule has 0 saturated carbocycles. The van der Waals surface area contributed by atoms with Crippen molar-refractivity contribution in [3.63, 3.8) is 0 Å². The molecule has 9 heavy (non-hydrogen) atoms. The molecule has 0 saturated heterocycles. The van der Waals surface area contributed by atoms with Gasteiger partial charge in [0.1, 0.15) is 0 Å². The largest absolute Gasteiger partial charge is 0.376 e.